The molecule has 2 aromatic rings. The molecule has 3 rings (SSSR count). The number of hydrogen-bond acceptors (Lipinski definition) is 4. The van der Waals surface area contributed by atoms with Crippen molar-refractivity contribution in [3.8, 4) is 5.75 Å². The maximum absolute atomic E-state index is 13.9. The minimum atomic E-state index is -4.64. The molecule has 154 valence electrons. The summed E-state index contributed by atoms with van der Waals surface area (Å²) in [5.74, 6) is -2.53. The Hall–Kier alpha value is -2.44. The van der Waals surface area contributed by atoms with E-state index in [2.05, 4.69) is 9.84 Å². The number of halogens is 6. The zero-order valence-electron chi connectivity index (χ0n) is 14.1. The second-order valence-electron chi connectivity index (χ2n) is 5.98. The quantitative estimate of drug-likeness (QED) is 0.697. The van der Waals surface area contributed by atoms with Gasteiger partial charge in [-0.1, -0.05) is 0 Å². The van der Waals surface area contributed by atoms with E-state index in [0.717, 1.165) is 6.07 Å². The van der Waals surface area contributed by atoms with Crippen molar-refractivity contribution in [1.82, 2.24) is 9.78 Å². The first kappa shape index (κ1) is 20.3. The van der Waals surface area contributed by atoms with Crippen molar-refractivity contribution in [2.45, 2.75) is 37.1 Å². The maximum atomic E-state index is 13.9. The molecule has 0 spiro atoms. The molecule has 0 saturated carbocycles. The standard InChI is InChI=1S/C15H13F6N3O3S/c1-8-6-13-23(5-4-12(15(19,20)21)24(13)22-8)28(25,26)9-2-3-11(10(16)7-9)27-14(17)18/h2-3,6-7,12,14H,4-5H2,1H3/t12-/m0/s1. The van der Waals surface area contributed by atoms with Crippen LogP contribution in [-0.4, -0.2) is 37.5 Å². The number of nitrogens with zero attached hydrogens (tertiary/aromatic N) is 3. The average molecular weight is 429 g/mol. The van der Waals surface area contributed by atoms with Crippen molar-refractivity contribution in [2.75, 3.05) is 10.8 Å². The van der Waals surface area contributed by atoms with Crippen LogP contribution in [-0.2, 0) is 10.0 Å². The third-order valence-corrected chi connectivity index (χ3v) is 5.88. The summed E-state index contributed by atoms with van der Waals surface area (Å²) < 4.78 is 109. The van der Waals surface area contributed by atoms with Gasteiger partial charge in [0.1, 0.15) is 5.82 Å². The molecule has 0 radical (unpaired) electrons. The molecule has 0 saturated heterocycles. The molecule has 28 heavy (non-hydrogen) atoms. The second-order valence-corrected chi connectivity index (χ2v) is 7.84. The fraction of sp³-hybridized carbons (Fsp3) is 0.400. The summed E-state index contributed by atoms with van der Waals surface area (Å²) in [5.41, 5.74) is 0.165. The lowest BCUT2D eigenvalue weighted by Crippen LogP contribution is -2.43. The fourth-order valence-electron chi connectivity index (χ4n) is 2.90. The third kappa shape index (κ3) is 3.62. The predicted molar refractivity (Wildman–Crippen MR) is 84.2 cm³/mol. The topological polar surface area (TPSA) is 64.4 Å². The molecule has 1 aliphatic heterocycles. The van der Waals surface area contributed by atoms with Crippen molar-refractivity contribution < 1.29 is 39.5 Å². The van der Waals surface area contributed by atoms with Crippen molar-refractivity contribution in [1.29, 1.82) is 0 Å². The Kier molecular flexibility index (Phi) is 4.98. The highest BCUT2D eigenvalue weighted by Gasteiger charge is 2.47. The van der Waals surface area contributed by atoms with Gasteiger partial charge in [0.25, 0.3) is 10.0 Å². The van der Waals surface area contributed by atoms with Crippen LogP contribution in [0.25, 0.3) is 0 Å². The van der Waals surface area contributed by atoms with Crippen molar-refractivity contribution >= 4 is 15.8 Å². The van der Waals surface area contributed by atoms with E-state index < -0.39 is 58.3 Å². The highest BCUT2D eigenvalue weighted by molar-refractivity contribution is 7.92. The van der Waals surface area contributed by atoms with E-state index in [1.54, 1.807) is 0 Å². The van der Waals surface area contributed by atoms with Gasteiger partial charge in [0, 0.05) is 12.6 Å². The molecular formula is C15H13F6N3O3S. The van der Waals surface area contributed by atoms with E-state index in [1.807, 2.05) is 0 Å². The summed E-state index contributed by atoms with van der Waals surface area (Å²) in [5, 5.41) is 3.73. The Morgan fingerprint density at radius 1 is 1.25 bits per heavy atom. The lowest BCUT2D eigenvalue weighted by atomic mass is 10.1. The normalized spacial score (nSPS) is 17.7. The first-order chi connectivity index (χ1) is 12.9. The number of aryl methyl sites for hydroxylation is 1. The highest BCUT2D eigenvalue weighted by Crippen LogP contribution is 2.41. The van der Waals surface area contributed by atoms with Crippen molar-refractivity contribution in [3.05, 3.63) is 35.8 Å². The van der Waals surface area contributed by atoms with E-state index in [0.29, 0.717) is 21.1 Å². The Labute approximate surface area is 155 Å². The number of hydrogen-bond donors (Lipinski definition) is 0. The minimum absolute atomic E-state index is 0.165. The highest BCUT2D eigenvalue weighted by atomic mass is 32.2. The van der Waals surface area contributed by atoms with Crippen LogP contribution in [0.15, 0.2) is 29.2 Å². The van der Waals surface area contributed by atoms with E-state index in [9.17, 15) is 34.8 Å². The van der Waals surface area contributed by atoms with Gasteiger partial charge in [0.2, 0.25) is 0 Å². The van der Waals surface area contributed by atoms with Gasteiger partial charge >= 0.3 is 12.8 Å². The summed E-state index contributed by atoms with van der Waals surface area (Å²) in [4.78, 5) is -0.623. The summed E-state index contributed by atoms with van der Waals surface area (Å²) >= 11 is 0. The lowest BCUT2D eigenvalue weighted by Gasteiger charge is -2.34. The second kappa shape index (κ2) is 6.87. The van der Waals surface area contributed by atoms with E-state index in [1.165, 1.54) is 13.0 Å². The summed E-state index contributed by atoms with van der Waals surface area (Å²) in [7, 11) is -4.48. The first-order valence-corrected chi connectivity index (χ1v) is 9.25. The maximum Gasteiger partial charge on any atom is 0.410 e. The Bertz CT molecular complexity index is 989. The van der Waals surface area contributed by atoms with Gasteiger partial charge < -0.3 is 4.74 Å². The Morgan fingerprint density at radius 3 is 2.50 bits per heavy atom. The van der Waals surface area contributed by atoms with Crippen molar-refractivity contribution in [3.63, 3.8) is 0 Å². The summed E-state index contributed by atoms with van der Waals surface area (Å²) in [6.07, 6.45) is -5.23. The molecule has 1 aliphatic rings. The molecule has 6 nitrogen and oxygen atoms in total. The van der Waals surface area contributed by atoms with Gasteiger partial charge in [-0.25, -0.2) is 21.8 Å². The Balaban J connectivity index is 2.02. The monoisotopic (exact) mass is 429 g/mol. The number of benzene rings is 1. The zero-order chi connectivity index (χ0) is 20.9. The van der Waals surface area contributed by atoms with Crippen LogP contribution in [0, 0.1) is 12.7 Å². The van der Waals surface area contributed by atoms with Gasteiger partial charge in [-0.2, -0.15) is 27.1 Å². The zero-order valence-corrected chi connectivity index (χ0v) is 14.9. The Morgan fingerprint density at radius 2 is 1.93 bits per heavy atom. The predicted octanol–water partition coefficient (Wildman–Crippen LogP) is 3.63. The molecule has 0 fully saturated rings. The molecule has 1 aromatic heterocycles. The number of ether oxygens (including phenoxy) is 1. The molecule has 0 unspecified atom stereocenters. The number of aromatic nitrogens is 2. The smallest absolute Gasteiger partial charge is 0.410 e. The lowest BCUT2D eigenvalue weighted by molar-refractivity contribution is -0.172. The molecule has 13 heteroatoms. The first-order valence-electron chi connectivity index (χ1n) is 7.81. The summed E-state index contributed by atoms with van der Waals surface area (Å²) in [6.45, 7) is -2.43. The van der Waals surface area contributed by atoms with Gasteiger partial charge in [0.15, 0.2) is 17.6 Å². The molecule has 1 atom stereocenters. The average Bonchev–Trinajstić information content (AvgIpc) is 2.94. The van der Waals surface area contributed by atoms with Crippen LogP contribution in [0.3, 0.4) is 0 Å². The molecule has 2 heterocycles. The van der Waals surface area contributed by atoms with Crippen LogP contribution in [0.5, 0.6) is 5.75 Å². The third-order valence-electron chi connectivity index (χ3n) is 4.08. The number of fused-ring (bicyclic) bond motifs is 1. The van der Waals surface area contributed by atoms with E-state index in [-0.39, 0.29) is 11.5 Å². The van der Waals surface area contributed by atoms with Gasteiger partial charge in [-0.15, -0.1) is 0 Å². The van der Waals surface area contributed by atoms with Crippen LogP contribution < -0.4 is 9.04 Å². The molecule has 0 bridgehead atoms. The largest absolute Gasteiger partial charge is 0.432 e. The summed E-state index contributed by atoms with van der Waals surface area (Å²) in [6, 6.07) is 1.18. The van der Waals surface area contributed by atoms with Crippen molar-refractivity contribution in [2.24, 2.45) is 0 Å². The molecular weight excluding hydrogens is 416 g/mol. The van der Waals surface area contributed by atoms with Gasteiger partial charge in [-0.05, 0) is 31.5 Å². The molecule has 1 aromatic carbocycles. The van der Waals surface area contributed by atoms with Crippen LogP contribution >= 0.6 is 0 Å². The number of sulfonamides is 1. The fourth-order valence-corrected chi connectivity index (χ4v) is 4.38. The molecule has 0 amide bonds. The SMILES string of the molecule is Cc1cc2n(n1)[C@H](C(F)(F)F)CCN2S(=O)(=O)c1ccc(OC(F)F)c(F)c1. The molecule has 0 N–H and O–H groups in total. The van der Waals surface area contributed by atoms with E-state index in [4.69, 9.17) is 0 Å². The molecule has 0 aliphatic carbocycles. The van der Waals surface area contributed by atoms with Gasteiger partial charge in [-0.3, -0.25) is 0 Å². The number of rotatable bonds is 4. The van der Waals surface area contributed by atoms with Crippen LogP contribution in [0.2, 0.25) is 0 Å². The van der Waals surface area contributed by atoms with Crippen LogP contribution in [0.4, 0.5) is 32.2 Å². The number of anilines is 1. The van der Waals surface area contributed by atoms with Crippen LogP contribution in [0.1, 0.15) is 18.2 Å². The van der Waals surface area contributed by atoms with E-state index >= 15 is 0 Å². The minimum Gasteiger partial charge on any atom is -0.432 e. The van der Waals surface area contributed by atoms with Gasteiger partial charge in [0.05, 0.1) is 10.6 Å². The number of alkyl halides is 5.